The lowest BCUT2D eigenvalue weighted by molar-refractivity contribution is -0.146. The predicted molar refractivity (Wildman–Crippen MR) is 71.3 cm³/mol. The van der Waals surface area contributed by atoms with Crippen LogP contribution in [0.2, 0.25) is 0 Å². The Morgan fingerprint density at radius 2 is 2.11 bits per heavy atom. The van der Waals surface area contributed by atoms with E-state index in [2.05, 4.69) is 17.4 Å². The zero-order valence-corrected chi connectivity index (χ0v) is 10.9. The molecule has 1 atom stereocenters. The fourth-order valence-electron chi connectivity index (χ4n) is 1.90. The second kappa shape index (κ2) is 6.55. The van der Waals surface area contributed by atoms with Crippen molar-refractivity contribution >= 4 is 5.97 Å². The van der Waals surface area contributed by atoms with Crippen molar-refractivity contribution in [2.45, 2.75) is 44.7 Å². The molecule has 1 N–H and O–H groups in total. The molecular weight excluding hydrogens is 226 g/mol. The molecule has 3 nitrogen and oxygen atoms in total. The second-order valence-corrected chi connectivity index (χ2v) is 4.85. The van der Waals surface area contributed by atoms with Crippen LogP contribution in [0, 0.1) is 0 Å². The third kappa shape index (κ3) is 4.15. The van der Waals surface area contributed by atoms with E-state index in [0.29, 0.717) is 19.1 Å². The predicted octanol–water partition coefficient (Wildman–Crippen LogP) is 2.30. The second-order valence-electron chi connectivity index (χ2n) is 4.85. The molecule has 18 heavy (non-hydrogen) atoms. The summed E-state index contributed by atoms with van der Waals surface area (Å²) >= 11 is 0. The van der Waals surface area contributed by atoms with Crippen LogP contribution in [0.25, 0.3) is 0 Å². The molecule has 0 spiro atoms. The summed E-state index contributed by atoms with van der Waals surface area (Å²) in [5, 5.41) is 3.37. The van der Waals surface area contributed by atoms with Crippen molar-refractivity contribution < 1.29 is 9.53 Å². The van der Waals surface area contributed by atoms with Crippen LogP contribution in [0.3, 0.4) is 0 Å². The zero-order chi connectivity index (χ0) is 12.8. The van der Waals surface area contributed by atoms with E-state index >= 15 is 0 Å². The summed E-state index contributed by atoms with van der Waals surface area (Å²) in [6.07, 6.45) is 3.92. The van der Waals surface area contributed by atoms with Gasteiger partial charge in [-0.2, -0.15) is 0 Å². The van der Waals surface area contributed by atoms with Crippen molar-refractivity contribution in [2.24, 2.45) is 0 Å². The van der Waals surface area contributed by atoms with Crippen molar-refractivity contribution in [1.29, 1.82) is 0 Å². The topological polar surface area (TPSA) is 38.3 Å². The minimum absolute atomic E-state index is 0.118. The number of rotatable bonds is 7. The van der Waals surface area contributed by atoms with Crippen LogP contribution in [0.5, 0.6) is 0 Å². The maximum absolute atomic E-state index is 12.0. The highest BCUT2D eigenvalue weighted by atomic mass is 16.5. The van der Waals surface area contributed by atoms with Gasteiger partial charge < -0.3 is 10.1 Å². The maximum Gasteiger partial charge on any atom is 0.323 e. The molecule has 0 amide bonds. The largest absolute Gasteiger partial charge is 0.465 e. The van der Waals surface area contributed by atoms with Gasteiger partial charge in [0.1, 0.15) is 6.04 Å². The maximum atomic E-state index is 12.0. The SMILES string of the molecule is CCCOC(=O)[C@H](Cc1ccccc1)NC1CC1. The van der Waals surface area contributed by atoms with E-state index in [4.69, 9.17) is 4.74 Å². The number of ether oxygens (including phenoxy) is 1. The number of carbonyl (C=O) groups is 1. The third-order valence-corrected chi connectivity index (χ3v) is 3.03. The van der Waals surface area contributed by atoms with Gasteiger partial charge in [0.2, 0.25) is 0 Å². The Morgan fingerprint density at radius 3 is 2.72 bits per heavy atom. The van der Waals surface area contributed by atoms with Gasteiger partial charge in [-0.15, -0.1) is 0 Å². The summed E-state index contributed by atoms with van der Waals surface area (Å²) in [7, 11) is 0. The molecule has 2 rings (SSSR count). The Kier molecular flexibility index (Phi) is 4.76. The zero-order valence-electron chi connectivity index (χ0n) is 10.9. The summed E-state index contributed by atoms with van der Waals surface area (Å²) in [6, 6.07) is 10.4. The summed E-state index contributed by atoms with van der Waals surface area (Å²) < 4.78 is 5.25. The molecule has 0 unspecified atom stereocenters. The van der Waals surface area contributed by atoms with Gasteiger partial charge in [-0.05, 0) is 31.2 Å². The van der Waals surface area contributed by atoms with E-state index in [1.54, 1.807) is 0 Å². The van der Waals surface area contributed by atoms with Crippen molar-refractivity contribution in [1.82, 2.24) is 5.32 Å². The summed E-state index contributed by atoms with van der Waals surface area (Å²) in [5.74, 6) is -0.118. The van der Waals surface area contributed by atoms with E-state index in [1.165, 1.54) is 18.4 Å². The minimum Gasteiger partial charge on any atom is -0.465 e. The van der Waals surface area contributed by atoms with Crippen LogP contribution in [0.15, 0.2) is 30.3 Å². The van der Waals surface area contributed by atoms with Crippen LogP contribution in [0.4, 0.5) is 0 Å². The Balaban J connectivity index is 1.93. The lowest BCUT2D eigenvalue weighted by atomic mass is 10.1. The number of hydrogen-bond acceptors (Lipinski definition) is 3. The van der Waals surface area contributed by atoms with Gasteiger partial charge in [-0.25, -0.2) is 0 Å². The highest BCUT2D eigenvalue weighted by Crippen LogP contribution is 2.20. The van der Waals surface area contributed by atoms with Gasteiger partial charge in [-0.3, -0.25) is 4.79 Å². The average Bonchev–Trinajstić information content (AvgIpc) is 3.20. The lowest BCUT2D eigenvalue weighted by Crippen LogP contribution is -2.41. The molecule has 1 saturated carbocycles. The normalized spacial score (nSPS) is 16.3. The van der Waals surface area contributed by atoms with Gasteiger partial charge in [0.15, 0.2) is 0 Å². The van der Waals surface area contributed by atoms with E-state index in [9.17, 15) is 4.79 Å². The summed E-state index contributed by atoms with van der Waals surface area (Å²) in [6.45, 7) is 2.52. The molecule has 0 aromatic heterocycles. The average molecular weight is 247 g/mol. The number of esters is 1. The van der Waals surface area contributed by atoms with Crippen molar-refractivity contribution in [3.05, 3.63) is 35.9 Å². The minimum atomic E-state index is -0.202. The van der Waals surface area contributed by atoms with Crippen molar-refractivity contribution in [3.8, 4) is 0 Å². The molecule has 0 aliphatic heterocycles. The molecule has 1 aliphatic carbocycles. The highest BCUT2D eigenvalue weighted by Gasteiger charge is 2.29. The van der Waals surface area contributed by atoms with E-state index in [0.717, 1.165) is 6.42 Å². The molecule has 1 aliphatic rings. The number of nitrogens with one attached hydrogen (secondary N) is 1. The molecule has 0 heterocycles. The first-order chi connectivity index (χ1) is 8.79. The van der Waals surface area contributed by atoms with E-state index in [1.807, 2.05) is 25.1 Å². The van der Waals surface area contributed by atoms with Crippen molar-refractivity contribution in [2.75, 3.05) is 6.61 Å². The number of carbonyl (C=O) groups excluding carboxylic acids is 1. The molecule has 98 valence electrons. The van der Waals surface area contributed by atoms with Gasteiger partial charge in [0.25, 0.3) is 0 Å². The van der Waals surface area contributed by atoms with Crippen molar-refractivity contribution in [3.63, 3.8) is 0 Å². The van der Waals surface area contributed by atoms with Crippen LogP contribution >= 0.6 is 0 Å². The highest BCUT2D eigenvalue weighted by molar-refractivity contribution is 5.76. The van der Waals surface area contributed by atoms with Gasteiger partial charge in [0.05, 0.1) is 6.61 Å². The monoisotopic (exact) mass is 247 g/mol. The third-order valence-electron chi connectivity index (χ3n) is 3.03. The van der Waals surface area contributed by atoms with Gasteiger partial charge in [-0.1, -0.05) is 37.3 Å². The Bertz CT molecular complexity index is 373. The van der Waals surface area contributed by atoms with Gasteiger partial charge in [0, 0.05) is 6.04 Å². The Labute approximate surface area is 109 Å². The molecule has 3 heteroatoms. The Morgan fingerprint density at radius 1 is 1.39 bits per heavy atom. The Hall–Kier alpha value is -1.35. The fourth-order valence-corrected chi connectivity index (χ4v) is 1.90. The molecule has 1 aromatic rings. The number of hydrogen-bond donors (Lipinski definition) is 1. The number of benzene rings is 1. The van der Waals surface area contributed by atoms with Crippen LogP contribution in [0.1, 0.15) is 31.7 Å². The van der Waals surface area contributed by atoms with E-state index in [-0.39, 0.29) is 12.0 Å². The quantitative estimate of drug-likeness (QED) is 0.751. The summed E-state index contributed by atoms with van der Waals surface area (Å²) in [5.41, 5.74) is 1.17. The first-order valence-electron chi connectivity index (χ1n) is 6.76. The lowest BCUT2D eigenvalue weighted by Gasteiger charge is -2.17. The molecule has 1 fully saturated rings. The smallest absolute Gasteiger partial charge is 0.323 e. The van der Waals surface area contributed by atoms with E-state index < -0.39 is 0 Å². The molecule has 0 saturated heterocycles. The summed E-state index contributed by atoms with van der Waals surface area (Å²) in [4.78, 5) is 12.0. The van der Waals surface area contributed by atoms with Crippen LogP contribution in [-0.2, 0) is 16.0 Å². The van der Waals surface area contributed by atoms with Gasteiger partial charge >= 0.3 is 5.97 Å². The first kappa shape index (κ1) is 13.1. The molecule has 0 bridgehead atoms. The molecular formula is C15H21NO2. The first-order valence-corrected chi connectivity index (χ1v) is 6.76. The van der Waals surface area contributed by atoms with Crippen LogP contribution < -0.4 is 5.32 Å². The van der Waals surface area contributed by atoms with Crippen LogP contribution in [-0.4, -0.2) is 24.7 Å². The fraction of sp³-hybridized carbons (Fsp3) is 0.533. The molecule has 0 radical (unpaired) electrons. The molecule has 1 aromatic carbocycles. The standard InChI is InChI=1S/C15H21NO2/c1-2-10-18-15(17)14(16-13-8-9-13)11-12-6-4-3-5-7-12/h3-7,13-14,16H,2,8-11H2,1H3/t14-/m0/s1.